The predicted octanol–water partition coefficient (Wildman–Crippen LogP) is 0.416. The first kappa shape index (κ1) is 16.5. The molecule has 0 atom stereocenters. The van der Waals surface area contributed by atoms with E-state index in [1.165, 1.54) is 23.0 Å². The van der Waals surface area contributed by atoms with Crippen molar-refractivity contribution in [1.29, 1.82) is 0 Å². The molecule has 0 aliphatic carbocycles. The zero-order chi connectivity index (χ0) is 17.4. The van der Waals surface area contributed by atoms with Crippen molar-refractivity contribution in [1.82, 2.24) is 14.0 Å². The number of piperazine rings is 1. The highest BCUT2D eigenvalue weighted by molar-refractivity contribution is 7.12. The van der Waals surface area contributed by atoms with Crippen LogP contribution in [0.15, 0.2) is 27.1 Å². The van der Waals surface area contributed by atoms with Gasteiger partial charge in [0.1, 0.15) is 5.69 Å². The Morgan fingerprint density at radius 2 is 1.75 bits per heavy atom. The van der Waals surface area contributed by atoms with Crippen molar-refractivity contribution in [2.75, 3.05) is 31.1 Å². The van der Waals surface area contributed by atoms with E-state index in [4.69, 9.17) is 0 Å². The van der Waals surface area contributed by atoms with E-state index >= 15 is 0 Å². The molecule has 3 rings (SSSR count). The maximum Gasteiger partial charge on any atom is 0.330 e. The summed E-state index contributed by atoms with van der Waals surface area (Å²) in [5.41, 5.74) is 0.588. The van der Waals surface area contributed by atoms with E-state index in [1.807, 2.05) is 27.3 Å². The summed E-state index contributed by atoms with van der Waals surface area (Å²) in [6, 6.07) is 3.69. The lowest BCUT2D eigenvalue weighted by Crippen LogP contribution is -2.52. The number of anilines is 1. The minimum absolute atomic E-state index is 0.0368. The van der Waals surface area contributed by atoms with E-state index in [0.717, 1.165) is 9.44 Å². The Morgan fingerprint density at radius 1 is 1.08 bits per heavy atom. The molecular formula is C16H20N4O3S. The van der Waals surface area contributed by atoms with E-state index in [9.17, 15) is 14.4 Å². The number of aromatic nitrogens is 2. The third-order valence-corrected chi connectivity index (χ3v) is 5.40. The number of carbonyl (C=O) groups is 1. The molecule has 0 unspecified atom stereocenters. The molecule has 3 heterocycles. The van der Waals surface area contributed by atoms with Crippen LogP contribution in [0.1, 0.15) is 15.4 Å². The van der Waals surface area contributed by atoms with E-state index < -0.39 is 0 Å². The molecule has 1 saturated heterocycles. The second kappa shape index (κ2) is 6.27. The third kappa shape index (κ3) is 2.66. The zero-order valence-corrected chi connectivity index (χ0v) is 14.8. The first-order valence-electron chi connectivity index (χ1n) is 7.76. The highest BCUT2D eigenvalue weighted by Gasteiger charge is 2.26. The summed E-state index contributed by atoms with van der Waals surface area (Å²) in [6.45, 7) is 4.04. The van der Waals surface area contributed by atoms with Crippen LogP contribution >= 0.6 is 11.3 Å². The summed E-state index contributed by atoms with van der Waals surface area (Å²) >= 11 is 1.44. The molecule has 0 N–H and O–H groups in total. The molecule has 0 bridgehead atoms. The van der Waals surface area contributed by atoms with Crippen molar-refractivity contribution in [3.8, 4) is 0 Å². The molecule has 8 heteroatoms. The molecule has 0 aromatic carbocycles. The fourth-order valence-electron chi connectivity index (χ4n) is 2.98. The molecule has 1 aliphatic rings. The minimum Gasteiger partial charge on any atom is -0.362 e. The van der Waals surface area contributed by atoms with E-state index in [2.05, 4.69) is 0 Å². The molecule has 24 heavy (non-hydrogen) atoms. The zero-order valence-electron chi connectivity index (χ0n) is 14.0. The summed E-state index contributed by atoms with van der Waals surface area (Å²) in [5.74, 6) is 0.0368. The van der Waals surface area contributed by atoms with Crippen molar-refractivity contribution in [2.45, 2.75) is 6.92 Å². The third-order valence-electron chi connectivity index (χ3n) is 4.54. The second-order valence-corrected chi connectivity index (χ2v) is 6.84. The first-order chi connectivity index (χ1) is 11.4. The Bertz CT molecular complexity index is 874. The van der Waals surface area contributed by atoms with Gasteiger partial charge in [-0.05, 0) is 18.4 Å². The molecule has 0 saturated carbocycles. The van der Waals surface area contributed by atoms with Gasteiger partial charge in [0.05, 0.1) is 4.88 Å². The number of hydrogen-bond acceptors (Lipinski definition) is 5. The molecule has 2 aromatic heterocycles. The normalized spacial score (nSPS) is 15.0. The molecule has 2 aromatic rings. The lowest BCUT2D eigenvalue weighted by molar-refractivity contribution is 0.0751. The molecular weight excluding hydrogens is 328 g/mol. The molecule has 0 spiro atoms. The lowest BCUT2D eigenvalue weighted by Gasteiger charge is -2.36. The summed E-state index contributed by atoms with van der Waals surface area (Å²) in [7, 11) is 3.15. The number of rotatable bonds is 2. The van der Waals surface area contributed by atoms with Crippen molar-refractivity contribution >= 4 is 22.9 Å². The quantitative estimate of drug-likeness (QED) is 0.789. The van der Waals surface area contributed by atoms with Crippen LogP contribution in [0.2, 0.25) is 0 Å². The molecule has 0 radical (unpaired) electrons. The van der Waals surface area contributed by atoms with Gasteiger partial charge in [-0.15, -0.1) is 11.3 Å². The fourth-order valence-corrected chi connectivity index (χ4v) is 3.67. The van der Waals surface area contributed by atoms with Crippen molar-refractivity contribution < 1.29 is 4.79 Å². The van der Waals surface area contributed by atoms with Crippen molar-refractivity contribution in [3.63, 3.8) is 0 Å². The van der Waals surface area contributed by atoms with Gasteiger partial charge in [-0.25, -0.2) is 4.79 Å². The van der Waals surface area contributed by atoms with Gasteiger partial charge in [0, 0.05) is 46.0 Å². The lowest BCUT2D eigenvalue weighted by atomic mass is 10.2. The van der Waals surface area contributed by atoms with Gasteiger partial charge in [0.25, 0.3) is 11.5 Å². The molecule has 1 fully saturated rings. The highest BCUT2D eigenvalue weighted by atomic mass is 32.1. The summed E-state index contributed by atoms with van der Waals surface area (Å²) in [4.78, 5) is 41.4. The summed E-state index contributed by atoms with van der Waals surface area (Å²) < 4.78 is 2.62. The standard InChI is InChI=1S/C16H20N4O3S/c1-11-13(15(22)18(3)16(23)17(11)2)19-6-8-20(9-7-19)14(21)12-5-4-10-24-12/h4-5,10H,6-9H2,1-3H3. The van der Waals surface area contributed by atoms with Crippen molar-refractivity contribution in [2.24, 2.45) is 14.1 Å². The molecule has 1 aliphatic heterocycles. The Kier molecular flexibility index (Phi) is 4.31. The first-order valence-corrected chi connectivity index (χ1v) is 8.64. The Labute approximate surface area is 143 Å². The Morgan fingerprint density at radius 3 is 2.33 bits per heavy atom. The topological polar surface area (TPSA) is 67.6 Å². The SMILES string of the molecule is Cc1c(N2CCN(C(=O)c3cccs3)CC2)c(=O)n(C)c(=O)n1C. The van der Waals surface area contributed by atoms with Gasteiger partial charge in [-0.1, -0.05) is 6.07 Å². The summed E-state index contributed by atoms with van der Waals surface area (Å²) in [5, 5.41) is 1.89. The smallest absolute Gasteiger partial charge is 0.330 e. The number of nitrogens with zero attached hydrogens (tertiary/aromatic N) is 4. The van der Waals surface area contributed by atoms with Crippen LogP contribution in [-0.4, -0.2) is 46.1 Å². The fraction of sp³-hybridized carbons (Fsp3) is 0.438. The van der Waals surface area contributed by atoms with Gasteiger partial charge < -0.3 is 9.80 Å². The van der Waals surface area contributed by atoms with Gasteiger partial charge in [-0.2, -0.15) is 0 Å². The predicted molar refractivity (Wildman–Crippen MR) is 94.1 cm³/mol. The second-order valence-electron chi connectivity index (χ2n) is 5.90. The van der Waals surface area contributed by atoms with Crippen LogP contribution in [0.5, 0.6) is 0 Å². The van der Waals surface area contributed by atoms with Crippen LogP contribution in [0.25, 0.3) is 0 Å². The van der Waals surface area contributed by atoms with Crippen molar-refractivity contribution in [3.05, 3.63) is 48.9 Å². The van der Waals surface area contributed by atoms with Crippen LogP contribution in [0.3, 0.4) is 0 Å². The van der Waals surface area contributed by atoms with Gasteiger partial charge >= 0.3 is 5.69 Å². The Balaban J connectivity index is 1.82. The molecule has 1 amide bonds. The number of amides is 1. The minimum atomic E-state index is -0.326. The van der Waals surface area contributed by atoms with E-state index in [-0.39, 0.29) is 17.2 Å². The monoisotopic (exact) mass is 348 g/mol. The van der Waals surface area contributed by atoms with Gasteiger partial charge in [0.2, 0.25) is 0 Å². The van der Waals surface area contributed by atoms with Crippen LogP contribution in [-0.2, 0) is 14.1 Å². The maximum absolute atomic E-state index is 12.5. The van der Waals surface area contributed by atoms with Gasteiger partial charge in [0.15, 0.2) is 0 Å². The van der Waals surface area contributed by atoms with Crippen LogP contribution < -0.4 is 16.1 Å². The largest absolute Gasteiger partial charge is 0.362 e. The average molecular weight is 348 g/mol. The molecule has 128 valence electrons. The van der Waals surface area contributed by atoms with Crippen LogP contribution in [0.4, 0.5) is 5.69 Å². The Hall–Kier alpha value is -2.35. The number of hydrogen-bond donors (Lipinski definition) is 0. The molecule has 7 nitrogen and oxygen atoms in total. The number of carbonyl (C=O) groups excluding carboxylic acids is 1. The number of thiophene rings is 1. The average Bonchev–Trinajstić information content (AvgIpc) is 3.13. The van der Waals surface area contributed by atoms with E-state index in [0.29, 0.717) is 37.6 Å². The maximum atomic E-state index is 12.5. The van der Waals surface area contributed by atoms with Crippen LogP contribution in [0, 0.1) is 6.92 Å². The van der Waals surface area contributed by atoms with E-state index in [1.54, 1.807) is 14.0 Å². The highest BCUT2D eigenvalue weighted by Crippen LogP contribution is 2.18. The summed E-state index contributed by atoms with van der Waals surface area (Å²) in [6.07, 6.45) is 0. The van der Waals surface area contributed by atoms with Gasteiger partial charge in [-0.3, -0.25) is 18.7 Å².